The molecule has 0 unspecified atom stereocenters. The standard InChI is InChI=1S/C7H15N2S/c1-9(2)6-7-5-8-3-4-10-7/h8H,3-6H2,1-2H3. The Kier molecular flexibility index (Phi) is 3.52. The summed E-state index contributed by atoms with van der Waals surface area (Å²) in [6.45, 7) is 3.39. The molecule has 1 aliphatic heterocycles. The molecule has 1 radical (unpaired) electrons. The zero-order valence-corrected chi connectivity index (χ0v) is 7.50. The highest BCUT2D eigenvalue weighted by molar-refractivity contribution is 8.02. The van der Waals surface area contributed by atoms with Crippen molar-refractivity contribution < 1.29 is 0 Å². The van der Waals surface area contributed by atoms with Crippen molar-refractivity contribution in [2.45, 2.75) is 0 Å². The van der Waals surface area contributed by atoms with Crippen LogP contribution in [0.2, 0.25) is 0 Å². The van der Waals surface area contributed by atoms with Crippen LogP contribution in [0.15, 0.2) is 0 Å². The van der Waals surface area contributed by atoms with E-state index in [2.05, 4.69) is 24.3 Å². The SMILES string of the molecule is CN(C)C[C]1CNCCS1. The molecule has 0 spiro atoms. The first kappa shape index (κ1) is 8.37. The number of hydrogen-bond acceptors (Lipinski definition) is 3. The van der Waals surface area contributed by atoms with E-state index in [-0.39, 0.29) is 0 Å². The lowest BCUT2D eigenvalue weighted by Crippen LogP contribution is -2.33. The van der Waals surface area contributed by atoms with E-state index in [1.165, 1.54) is 12.3 Å². The number of rotatable bonds is 2. The second-order valence-electron chi connectivity index (χ2n) is 2.80. The minimum Gasteiger partial charge on any atom is -0.314 e. The minimum atomic E-state index is 1.10. The summed E-state index contributed by atoms with van der Waals surface area (Å²) in [5.41, 5.74) is 0. The third kappa shape index (κ3) is 2.90. The summed E-state index contributed by atoms with van der Waals surface area (Å²) in [5.74, 6) is 1.24. The molecule has 0 amide bonds. The van der Waals surface area contributed by atoms with Crippen LogP contribution in [0.5, 0.6) is 0 Å². The van der Waals surface area contributed by atoms with E-state index >= 15 is 0 Å². The molecule has 10 heavy (non-hydrogen) atoms. The van der Waals surface area contributed by atoms with Crippen molar-refractivity contribution >= 4 is 11.8 Å². The summed E-state index contributed by atoms with van der Waals surface area (Å²) in [5, 5.41) is 4.92. The van der Waals surface area contributed by atoms with E-state index in [4.69, 9.17) is 0 Å². The second-order valence-corrected chi connectivity index (χ2v) is 4.08. The molecule has 0 atom stereocenters. The van der Waals surface area contributed by atoms with Gasteiger partial charge in [-0.3, -0.25) is 0 Å². The summed E-state index contributed by atoms with van der Waals surface area (Å²) in [7, 11) is 4.23. The van der Waals surface area contributed by atoms with Crippen molar-refractivity contribution in [3.05, 3.63) is 5.25 Å². The first-order valence-corrected chi connectivity index (χ1v) is 4.60. The van der Waals surface area contributed by atoms with Crippen molar-refractivity contribution in [2.75, 3.05) is 39.5 Å². The van der Waals surface area contributed by atoms with Crippen LogP contribution in [0.1, 0.15) is 0 Å². The highest BCUT2D eigenvalue weighted by Crippen LogP contribution is 2.20. The predicted molar refractivity (Wildman–Crippen MR) is 47.1 cm³/mol. The zero-order valence-electron chi connectivity index (χ0n) is 6.68. The summed E-state index contributed by atoms with van der Waals surface area (Å²) in [4.78, 5) is 2.22. The molecular weight excluding hydrogens is 144 g/mol. The van der Waals surface area contributed by atoms with E-state index in [1.54, 1.807) is 5.25 Å². The Morgan fingerprint density at radius 2 is 2.40 bits per heavy atom. The van der Waals surface area contributed by atoms with Gasteiger partial charge < -0.3 is 10.2 Å². The minimum absolute atomic E-state index is 1.10. The molecule has 59 valence electrons. The Balaban J connectivity index is 2.13. The maximum atomic E-state index is 3.36. The molecule has 0 aromatic carbocycles. The Hall–Kier alpha value is 0.270. The third-order valence-electron chi connectivity index (χ3n) is 1.40. The fourth-order valence-corrected chi connectivity index (χ4v) is 2.09. The van der Waals surface area contributed by atoms with Crippen LogP contribution >= 0.6 is 11.8 Å². The third-order valence-corrected chi connectivity index (χ3v) is 2.49. The Morgan fingerprint density at radius 3 is 2.90 bits per heavy atom. The topological polar surface area (TPSA) is 15.3 Å². The van der Waals surface area contributed by atoms with Crippen molar-refractivity contribution in [1.29, 1.82) is 0 Å². The number of nitrogens with zero attached hydrogens (tertiary/aromatic N) is 1. The summed E-state index contributed by atoms with van der Waals surface area (Å²) in [6, 6.07) is 0. The Morgan fingerprint density at radius 1 is 1.60 bits per heavy atom. The zero-order chi connectivity index (χ0) is 7.40. The van der Waals surface area contributed by atoms with Gasteiger partial charge in [0.25, 0.3) is 0 Å². The van der Waals surface area contributed by atoms with Crippen LogP contribution in [0, 0.1) is 5.25 Å². The molecule has 0 saturated carbocycles. The van der Waals surface area contributed by atoms with Gasteiger partial charge in [-0.2, -0.15) is 0 Å². The average Bonchev–Trinajstić information content (AvgIpc) is 1.88. The lowest BCUT2D eigenvalue weighted by Gasteiger charge is -2.24. The van der Waals surface area contributed by atoms with Crippen molar-refractivity contribution in [3.8, 4) is 0 Å². The molecule has 1 rings (SSSR count). The summed E-state index contributed by atoms with van der Waals surface area (Å²) >= 11 is 2.00. The smallest absolute Gasteiger partial charge is 0.0582 e. The van der Waals surface area contributed by atoms with Crippen LogP contribution in [0.3, 0.4) is 0 Å². The van der Waals surface area contributed by atoms with E-state index in [0.717, 1.165) is 13.1 Å². The molecule has 1 heterocycles. The van der Waals surface area contributed by atoms with Gasteiger partial charge in [0.2, 0.25) is 0 Å². The van der Waals surface area contributed by atoms with Crippen LogP contribution in [0.25, 0.3) is 0 Å². The molecule has 0 bridgehead atoms. The van der Waals surface area contributed by atoms with Gasteiger partial charge in [-0.1, -0.05) is 0 Å². The maximum Gasteiger partial charge on any atom is 0.0582 e. The van der Waals surface area contributed by atoms with Gasteiger partial charge in [-0.05, 0) is 14.1 Å². The van der Waals surface area contributed by atoms with Crippen molar-refractivity contribution in [2.24, 2.45) is 0 Å². The first-order valence-electron chi connectivity index (χ1n) is 3.62. The van der Waals surface area contributed by atoms with E-state index in [9.17, 15) is 0 Å². The van der Waals surface area contributed by atoms with Gasteiger partial charge >= 0.3 is 0 Å². The van der Waals surface area contributed by atoms with Crippen LogP contribution in [-0.2, 0) is 0 Å². The monoisotopic (exact) mass is 159 g/mol. The molecule has 1 aliphatic rings. The van der Waals surface area contributed by atoms with E-state index < -0.39 is 0 Å². The van der Waals surface area contributed by atoms with E-state index in [1.807, 2.05) is 11.8 Å². The predicted octanol–water partition coefficient (Wildman–Crippen LogP) is 0.416. The highest BCUT2D eigenvalue weighted by Gasteiger charge is 2.14. The lowest BCUT2D eigenvalue weighted by atomic mass is 10.4. The first-order chi connectivity index (χ1) is 4.79. The number of hydrogen-bond donors (Lipinski definition) is 1. The van der Waals surface area contributed by atoms with Gasteiger partial charge in [-0.25, -0.2) is 0 Å². The van der Waals surface area contributed by atoms with Gasteiger partial charge in [0.05, 0.1) is 5.25 Å². The van der Waals surface area contributed by atoms with Gasteiger partial charge in [0.1, 0.15) is 0 Å². The fraction of sp³-hybridized carbons (Fsp3) is 0.857. The highest BCUT2D eigenvalue weighted by atomic mass is 32.2. The molecular formula is C7H15N2S. The molecule has 1 fully saturated rings. The number of thioether (sulfide) groups is 1. The molecule has 1 N–H and O–H groups in total. The van der Waals surface area contributed by atoms with Crippen LogP contribution in [0.4, 0.5) is 0 Å². The normalized spacial score (nSPS) is 21.9. The Labute approximate surface area is 67.4 Å². The summed E-state index contributed by atoms with van der Waals surface area (Å²) in [6.07, 6.45) is 0. The molecule has 2 nitrogen and oxygen atoms in total. The van der Waals surface area contributed by atoms with Crippen molar-refractivity contribution in [1.82, 2.24) is 10.2 Å². The molecule has 0 aromatic rings. The van der Waals surface area contributed by atoms with Gasteiger partial charge in [-0.15, -0.1) is 11.8 Å². The quantitative estimate of drug-likeness (QED) is 0.628. The maximum absolute atomic E-state index is 3.36. The second kappa shape index (κ2) is 4.21. The van der Waals surface area contributed by atoms with Gasteiger partial charge in [0, 0.05) is 25.4 Å². The van der Waals surface area contributed by atoms with Crippen LogP contribution < -0.4 is 5.32 Å². The molecule has 0 aliphatic carbocycles. The lowest BCUT2D eigenvalue weighted by molar-refractivity contribution is 0.429. The summed E-state index contributed by atoms with van der Waals surface area (Å²) < 4.78 is 0. The van der Waals surface area contributed by atoms with Crippen LogP contribution in [-0.4, -0.2) is 44.4 Å². The van der Waals surface area contributed by atoms with Gasteiger partial charge in [0.15, 0.2) is 0 Å². The number of nitrogens with one attached hydrogen (secondary N) is 1. The van der Waals surface area contributed by atoms with E-state index in [0.29, 0.717) is 0 Å². The average molecular weight is 159 g/mol. The molecule has 1 saturated heterocycles. The largest absolute Gasteiger partial charge is 0.314 e. The fourth-order valence-electron chi connectivity index (χ4n) is 1.00. The Bertz CT molecular complexity index is 89.6. The molecule has 0 aromatic heterocycles. The molecule has 3 heteroatoms. The van der Waals surface area contributed by atoms with Crippen molar-refractivity contribution in [3.63, 3.8) is 0 Å².